The first kappa shape index (κ1) is 25.0. The highest BCUT2D eigenvalue weighted by Crippen LogP contribution is 2.35. The molecule has 1 aliphatic rings. The first-order chi connectivity index (χ1) is 15.5. The van der Waals surface area contributed by atoms with Crippen molar-refractivity contribution in [3.63, 3.8) is 0 Å². The average molecular weight is 468 g/mol. The van der Waals surface area contributed by atoms with Crippen molar-refractivity contribution in [2.75, 3.05) is 24.6 Å². The highest BCUT2D eigenvalue weighted by molar-refractivity contribution is 5.77. The number of carbonyl (C=O) groups is 1. The molecule has 1 aromatic carbocycles. The van der Waals surface area contributed by atoms with E-state index >= 15 is 4.39 Å². The van der Waals surface area contributed by atoms with Crippen LogP contribution in [0.5, 0.6) is 0 Å². The molecule has 1 saturated heterocycles. The Bertz CT molecular complexity index is 988. The number of nitrogens with zero attached hydrogens (tertiary/aromatic N) is 2. The van der Waals surface area contributed by atoms with Crippen molar-refractivity contribution < 1.29 is 27.1 Å². The number of hydrogen-bond donors (Lipinski definition) is 1. The van der Waals surface area contributed by atoms with E-state index in [9.17, 15) is 18.0 Å². The maximum Gasteiger partial charge on any atom is 0.416 e. The summed E-state index contributed by atoms with van der Waals surface area (Å²) in [4.78, 5) is 17.9. The van der Waals surface area contributed by atoms with E-state index in [1.54, 1.807) is 6.07 Å². The average Bonchev–Trinajstić information content (AvgIpc) is 2.71. The van der Waals surface area contributed by atoms with E-state index in [1.165, 1.54) is 11.0 Å². The van der Waals surface area contributed by atoms with E-state index < -0.39 is 24.6 Å². The number of carbonyl (C=O) groups excluding carboxylic acids is 1. The molecule has 2 heterocycles. The number of ether oxygens (including phenoxy) is 1. The lowest BCUT2D eigenvalue weighted by Gasteiger charge is -2.35. The first-order valence-corrected chi connectivity index (χ1v) is 10.9. The second-order valence-electron chi connectivity index (χ2n) is 8.79. The molecule has 1 amide bonds. The molecule has 0 aliphatic carbocycles. The van der Waals surface area contributed by atoms with Crippen LogP contribution in [0.25, 0.3) is 11.1 Å². The number of aromatic nitrogens is 1. The van der Waals surface area contributed by atoms with Gasteiger partial charge in [0.05, 0.1) is 18.8 Å². The van der Waals surface area contributed by atoms with Gasteiger partial charge in [0.15, 0.2) is 11.9 Å². The molecule has 2 aromatic rings. The van der Waals surface area contributed by atoms with Crippen molar-refractivity contribution in [3.05, 3.63) is 47.0 Å². The maximum atomic E-state index is 15.8. The van der Waals surface area contributed by atoms with Crippen LogP contribution in [0.4, 0.5) is 23.2 Å². The standard InChI is InChI=1S/C24H29F4N3O2/c1-14(2)9-22(32)29-12-19-18(17-10-15(3)30-16(4)11-17)5-6-20(23(19)25)31-7-8-33-21(13-31)24(26,27)28/h5-6,10-11,14,21H,7-9,12-13H2,1-4H3,(H,29,32)/t21-/m1/s1. The van der Waals surface area contributed by atoms with Crippen LogP contribution in [0.3, 0.4) is 0 Å². The number of hydrogen-bond acceptors (Lipinski definition) is 4. The number of pyridine rings is 1. The molecule has 33 heavy (non-hydrogen) atoms. The summed E-state index contributed by atoms with van der Waals surface area (Å²) in [6, 6.07) is 6.81. The Kier molecular flexibility index (Phi) is 7.62. The molecule has 0 radical (unpaired) electrons. The third kappa shape index (κ3) is 6.22. The number of rotatable bonds is 6. The fourth-order valence-electron chi connectivity index (χ4n) is 3.98. The Balaban J connectivity index is 2.00. The zero-order valence-electron chi connectivity index (χ0n) is 19.2. The summed E-state index contributed by atoms with van der Waals surface area (Å²) >= 11 is 0. The van der Waals surface area contributed by atoms with Gasteiger partial charge in [0, 0.05) is 36.5 Å². The number of aryl methyl sites for hydroxylation is 2. The van der Waals surface area contributed by atoms with Crippen LogP contribution in [-0.2, 0) is 16.1 Å². The van der Waals surface area contributed by atoms with Crippen LogP contribution in [0.1, 0.15) is 37.2 Å². The molecular formula is C24H29F4N3O2. The van der Waals surface area contributed by atoms with E-state index in [4.69, 9.17) is 4.74 Å². The molecule has 0 spiro atoms. The highest BCUT2D eigenvalue weighted by atomic mass is 19.4. The predicted molar refractivity (Wildman–Crippen MR) is 118 cm³/mol. The fourth-order valence-corrected chi connectivity index (χ4v) is 3.98. The van der Waals surface area contributed by atoms with E-state index in [1.807, 2.05) is 39.8 Å². The van der Waals surface area contributed by atoms with E-state index in [-0.39, 0.29) is 42.8 Å². The molecule has 1 N–H and O–H groups in total. The molecule has 0 bridgehead atoms. The van der Waals surface area contributed by atoms with Crippen molar-refractivity contribution >= 4 is 11.6 Å². The van der Waals surface area contributed by atoms with Gasteiger partial charge < -0.3 is 15.0 Å². The van der Waals surface area contributed by atoms with Crippen LogP contribution < -0.4 is 10.2 Å². The minimum absolute atomic E-state index is 0.0620. The molecule has 0 unspecified atom stereocenters. The minimum atomic E-state index is -4.53. The number of anilines is 1. The van der Waals surface area contributed by atoms with Gasteiger partial charge in [0.1, 0.15) is 0 Å². The lowest BCUT2D eigenvalue weighted by molar-refractivity contribution is -0.221. The molecular weight excluding hydrogens is 438 g/mol. The second-order valence-corrected chi connectivity index (χ2v) is 8.79. The van der Waals surface area contributed by atoms with Crippen molar-refractivity contribution in [3.8, 4) is 11.1 Å². The van der Waals surface area contributed by atoms with Crippen LogP contribution in [0.15, 0.2) is 24.3 Å². The first-order valence-electron chi connectivity index (χ1n) is 10.9. The molecule has 1 atom stereocenters. The number of halogens is 4. The second kappa shape index (κ2) is 10.1. The van der Waals surface area contributed by atoms with Gasteiger partial charge in [-0.05, 0) is 49.1 Å². The molecule has 0 saturated carbocycles. The number of nitrogens with one attached hydrogen (secondary N) is 1. The van der Waals surface area contributed by atoms with E-state index in [0.717, 1.165) is 17.0 Å². The normalized spacial score (nSPS) is 16.9. The van der Waals surface area contributed by atoms with Crippen molar-refractivity contribution in [2.45, 2.75) is 52.9 Å². The molecule has 5 nitrogen and oxygen atoms in total. The van der Waals surface area contributed by atoms with Crippen LogP contribution >= 0.6 is 0 Å². The van der Waals surface area contributed by atoms with Gasteiger partial charge in [-0.3, -0.25) is 9.78 Å². The summed E-state index contributed by atoms with van der Waals surface area (Å²) in [5, 5.41) is 2.76. The summed E-state index contributed by atoms with van der Waals surface area (Å²) in [7, 11) is 0. The zero-order valence-corrected chi connectivity index (χ0v) is 19.2. The molecule has 1 aromatic heterocycles. The predicted octanol–water partition coefficient (Wildman–Crippen LogP) is 4.93. The fraction of sp³-hybridized carbons (Fsp3) is 0.500. The van der Waals surface area contributed by atoms with Gasteiger partial charge in [0.25, 0.3) is 0 Å². The Morgan fingerprint density at radius 3 is 2.52 bits per heavy atom. The monoisotopic (exact) mass is 467 g/mol. The van der Waals surface area contributed by atoms with E-state index in [2.05, 4.69) is 10.3 Å². The summed E-state index contributed by atoms with van der Waals surface area (Å²) in [6.45, 7) is 6.88. The molecule has 1 fully saturated rings. The van der Waals surface area contributed by atoms with Gasteiger partial charge >= 0.3 is 6.18 Å². The van der Waals surface area contributed by atoms with Gasteiger partial charge in [-0.25, -0.2) is 4.39 Å². The smallest absolute Gasteiger partial charge is 0.365 e. The molecule has 9 heteroatoms. The summed E-state index contributed by atoms with van der Waals surface area (Å²) < 4.78 is 60.2. The third-order valence-electron chi connectivity index (χ3n) is 5.44. The van der Waals surface area contributed by atoms with Gasteiger partial charge in [-0.2, -0.15) is 13.2 Å². The highest BCUT2D eigenvalue weighted by Gasteiger charge is 2.43. The van der Waals surface area contributed by atoms with Crippen molar-refractivity contribution in [1.82, 2.24) is 10.3 Å². The molecule has 3 rings (SSSR count). The Labute approximate surface area is 191 Å². The SMILES string of the molecule is Cc1cc(-c2ccc(N3CCO[C@@H](C(F)(F)F)C3)c(F)c2CNC(=O)CC(C)C)cc(C)n1. The zero-order chi connectivity index (χ0) is 24.3. The van der Waals surface area contributed by atoms with Crippen LogP contribution in [0.2, 0.25) is 0 Å². The molecule has 180 valence electrons. The molecule has 1 aliphatic heterocycles. The topological polar surface area (TPSA) is 54.5 Å². The van der Waals surface area contributed by atoms with Gasteiger partial charge in [-0.15, -0.1) is 0 Å². The number of benzene rings is 1. The summed E-state index contributed by atoms with van der Waals surface area (Å²) in [5.74, 6) is -0.725. The third-order valence-corrected chi connectivity index (χ3v) is 5.44. The minimum Gasteiger partial charge on any atom is -0.365 e. The number of morpholine rings is 1. The maximum absolute atomic E-state index is 15.8. The Morgan fingerprint density at radius 2 is 1.91 bits per heavy atom. The lowest BCUT2D eigenvalue weighted by atomic mass is 9.97. The van der Waals surface area contributed by atoms with E-state index in [0.29, 0.717) is 12.0 Å². The summed E-state index contributed by atoms with van der Waals surface area (Å²) in [5.41, 5.74) is 3.09. The summed E-state index contributed by atoms with van der Waals surface area (Å²) in [6.07, 6.45) is -6.22. The quantitative estimate of drug-likeness (QED) is 0.612. The number of alkyl halides is 3. The largest absolute Gasteiger partial charge is 0.416 e. The van der Waals surface area contributed by atoms with Gasteiger partial charge in [0.2, 0.25) is 5.91 Å². The van der Waals surface area contributed by atoms with Gasteiger partial charge in [-0.1, -0.05) is 19.9 Å². The van der Waals surface area contributed by atoms with Crippen LogP contribution in [-0.4, -0.2) is 42.9 Å². The lowest BCUT2D eigenvalue weighted by Crippen LogP contribution is -2.49. The van der Waals surface area contributed by atoms with Crippen molar-refractivity contribution in [2.24, 2.45) is 5.92 Å². The Morgan fingerprint density at radius 1 is 1.24 bits per heavy atom. The number of amides is 1. The van der Waals surface area contributed by atoms with Crippen LogP contribution in [0, 0.1) is 25.6 Å². The van der Waals surface area contributed by atoms with Crippen molar-refractivity contribution in [1.29, 1.82) is 0 Å². The Hall–Kier alpha value is -2.68.